The zero-order valence-corrected chi connectivity index (χ0v) is 19.3. The minimum Gasteiger partial charge on any atom is -0.506 e. The normalized spacial score (nSPS) is 14.5. The summed E-state index contributed by atoms with van der Waals surface area (Å²) in [5.41, 5.74) is 1.75. The second-order valence-electron chi connectivity index (χ2n) is 8.04. The molecule has 0 saturated heterocycles. The zero-order chi connectivity index (χ0) is 23.6. The molecule has 3 aromatic carbocycles. The number of rotatable bonds is 6. The highest BCUT2D eigenvalue weighted by molar-refractivity contribution is 7.92. The second-order valence-corrected chi connectivity index (χ2v) is 9.72. The zero-order valence-electron chi connectivity index (χ0n) is 18.4. The number of aromatic hydroxyl groups is 1. The van der Waals surface area contributed by atoms with Gasteiger partial charge in [-0.3, -0.25) is 9.71 Å². The molecule has 0 aromatic heterocycles. The first-order chi connectivity index (χ1) is 15.7. The van der Waals surface area contributed by atoms with Crippen LogP contribution in [0.3, 0.4) is 0 Å². The lowest BCUT2D eigenvalue weighted by atomic mass is 10.00. The molecule has 4 rings (SSSR count). The highest BCUT2D eigenvalue weighted by Crippen LogP contribution is 2.38. The van der Waals surface area contributed by atoms with Crippen LogP contribution in [0.4, 0.5) is 11.4 Å². The van der Waals surface area contributed by atoms with Crippen molar-refractivity contribution in [2.75, 3.05) is 11.8 Å². The first kappa shape index (κ1) is 22.4. The molecule has 170 valence electrons. The molecule has 0 aliphatic carbocycles. The molecule has 2 N–H and O–H groups in total. The molecular weight excluding hydrogens is 440 g/mol. The Morgan fingerprint density at radius 3 is 2.39 bits per heavy atom. The van der Waals surface area contributed by atoms with E-state index in [1.807, 2.05) is 26.0 Å². The Bertz CT molecular complexity index is 1330. The predicted octanol–water partition coefficient (Wildman–Crippen LogP) is 5.14. The number of phenols is 1. The average molecular weight is 465 g/mol. The number of methoxy groups -OCH3 is 1. The molecule has 33 heavy (non-hydrogen) atoms. The van der Waals surface area contributed by atoms with Crippen molar-refractivity contribution in [3.05, 3.63) is 77.9 Å². The Morgan fingerprint density at radius 1 is 1.03 bits per heavy atom. The van der Waals surface area contributed by atoms with Crippen LogP contribution in [0.25, 0.3) is 6.08 Å². The Balaban J connectivity index is 1.48. The van der Waals surface area contributed by atoms with Crippen LogP contribution in [0.15, 0.2) is 76.6 Å². The van der Waals surface area contributed by atoms with Crippen molar-refractivity contribution in [2.45, 2.75) is 24.3 Å². The van der Waals surface area contributed by atoms with Crippen LogP contribution in [-0.2, 0) is 10.0 Å². The maximum Gasteiger partial charge on any atom is 0.261 e. The Kier molecular flexibility index (Phi) is 5.86. The number of nitrogens with zero attached hydrogens (tertiary/aromatic N) is 1. The highest BCUT2D eigenvalue weighted by Gasteiger charge is 2.24. The third-order valence-electron chi connectivity index (χ3n) is 5.07. The number of anilines is 1. The van der Waals surface area contributed by atoms with Gasteiger partial charge < -0.3 is 14.6 Å². The van der Waals surface area contributed by atoms with Gasteiger partial charge in [0.05, 0.1) is 23.3 Å². The van der Waals surface area contributed by atoms with E-state index in [0.29, 0.717) is 34.0 Å². The molecular formula is C25H24N2O5S. The van der Waals surface area contributed by atoms with Gasteiger partial charge in [0.15, 0.2) is 0 Å². The van der Waals surface area contributed by atoms with E-state index in [0.717, 1.165) is 0 Å². The topological polar surface area (TPSA) is 97.2 Å². The first-order valence-electron chi connectivity index (χ1n) is 10.2. The van der Waals surface area contributed by atoms with E-state index >= 15 is 0 Å². The molecule has 7 nitrogen and oxygen atoms in total. The van der Waals surface area contributed by atoms with Crippen molar-refractivity contribution in [3.63, 3.8) is 0 Å². The molecule has 0 spiro atoms. The van der Waals surface area contributed by atoms with Gasteiger partial charge in [-0.2, -0.15) is 0 Å². The molecule has 0 saturated carbocycles. The Hall–Kier alpha value is -3.78. The molecule has 0 fully saturated rings. The quantitative estimate of drug-likeness (QED) is 0.493. The van der Waals surface area contributed by atoms with Crippen molar-refractivity contribution in [2.24, 2.45) is 4.99 Å². The van der Waals surface area contributed by atoms with E-state index in [1.54, 1.807) is 54.7 Å². The van der Waals surface area contributed by atoms with E-state index < -0.39 is 15.6 Å². The number of fused-ring (bicyclic) bond motifs is 1. The molecule has 1 aliphatic heterocycles. The van der Waals surface area contributed by atoms with E-state index in [1.165, 1.54) is 19.2 Å². The largest absolute Gasteiger partial charge is 0.506 e. The number of sulfonamides is 1. The van der Waals surface area contributed by atoms with Crippen LogP contribution in [0.1, 0.15) is 25.0 Å². The Labute approximate surface area is 193 Å². The lowest BCUT2D eigenvalue weighted by Gasteiger charge is -2.28. The summed E-state index contributed by atoms with van der Waals surface area (Å²) in [6.07, 6.45) is 5.29. The second kappa shape index (κ2) is 8.63. The number of ether oxygens (including phenoxy) is 2. The number of hydrogen-bond acceptors (Lipinski definition) is 6. The molecule has 0 unspecified atom stereocenters. The maximum atomic E-state index is 12.6. The van der Waals surface area contributed by atoms with Crippen LogP contribution >= 0.6 is 0 Å². The van der Waals surface area contributed by atoms with Crippen molar-refractivity contribution < 1.29 is 23.0 Å². The van der Waals surface area contributed by atoms with Gasteiger partial charge in [-0.1, -0.05) is 0 Å². The molecule has 0 amide bonds. The molecule has 1 aliphatic rings. The average Bonchev–Trinajstić information content (AvgIpc) is 2.79. The van der Waals surface area contributed by atoms with Crippen LogP contribution < -0.4 is 14.2 Å². The van der Waals surface area contributed by atoms with Crippen molar-refractivity contribution in [3.8, 4) is 17.2 Å². The molecule has 3 aromatic rings. The fourth-order valence-electron chi connectivity index (χ4n) is 3.29. The molecule has 1 heterocycles. The summed E-state index contributed by atoms with van der Waals surface area (Å²) in [6, 6.07) is 16.3. The van der Waals surface area contributed by atoms with Crippen molar-refractivity contribution in [1.82, 2.24) is 0 Å². The summed E-state index contributed by atoms with van der Waals surface area (Å²) >= 11 is 0. The lowest BCUT2D eigenvalue weighted by Crippen LogP contribution is -2.27. The third kappa shape index (κ3) is 5.01. The number of nitrogens with one attached hydrogen (secondary N) is 1. The fraction of sp³-hybridized carbons (Fsp3) is 0.160. The smallest absolute Gasteiger partial charge is 0.261 e. The number of benzene rings is 3. The number of hydrogen-bond donors (Lipinski definition) is 2. The van der Waals surface area contributed by atoms with Gasteiger partial charge in [0.2, 0.25) is 0 Å². The minimum atomic E-state index is -3.72. The summed E-state index contributed by atoms with van der Waals surface area (Å²) in [7, 11) is -2.21. The molecule has 0 atom stereocenters. The minimum absolute atomic E-state index is 0.0897. The number of aliphatic imine (C=N–C) groups is 1. The highest BCUT2D eigenvalue weighted by atomic mass is 32.2. The summed E-state index contributed by atoms with van der Waals surface area (Å²) in [5, 5.41) is 10.6. The SMILES string of the molecule is COc1ccc(S(=O)(=O)Nc2ccc(/N=C/c3ccc4c(c3O)C=CC(C)(C)O4)cc2)cc1. The van der Waals surface area contributed by atoms with Crippen molar-refractivity contribution >= 4 is 33.7 Å². The van der Waals surface area contributed by atoms with Gasteiger partial charge in [-0.15, -0.1) is 0 Å². The van der Waals surface area contributed by atoms with Crippen molar-refractivity contribution in [1.29, 1.82) is 0 Å². The molecule has 8 heteroatoms. The molecule has 0 bridgehead atoms. The van der Waals surface area contributed by atoms with Gasteiger partial charge in [-0.05, 0) is 86.7 Å². The third-order valence-corrected chi connectivity index (χ3v) is 6.47. The van der Waals surface area contributed by atoms with Crippen LogP contribution in [0.2, 0.25) is 0 Å². The van der Waals surface area contributed by atoms with Crippen LogP contribution in [0, 0.1) is 0 Å². The van der Waals surface area contributed by atoms with Crippen LogP contribution in [-0.4, -0.2) is 32.4 Å². The van der Waals surface area contributed by atoms with E-state index in [4.69, 9.17) is 9.47 Å². The predicted molar refractivity (Wildman–Crippen MR) is 129 cm³/mol. The van der Waals surface area contributed by atoms with Gasteiger partial charge >= 0.3 is 0 Å². The van der Waals surface area contributed by atoms with E-state index in [2.05, 4.69) is 9.71 Å². The van der Waals surface area contributed by atoms with Gasteiger partial charge in [-0.25, -0.2) is 8.42 Å². The maximum absolute atomic E-state index is 12.6. The summed E-state index contributed by atoms with van der Waals surface area (Å²) in [6.45, 7) is 3.89. The van der Waals surface area contributed by atoms with Crippen LogP contribution in [0.5, 0.6) is 17.2 Å². The summed E-state index contributed by atoms with van der Waals surface area (Å²) < 4.78 is 38.6. The van der Waals surface area contributed by atoms with Gasteiger partial charge in [0.25, 0.3) is 10.0 Å². The molecule has 0 radical (unpaired) electrons. The monoisotopic (exact) mass is 464 g/mol. The fourth-order valence-corrected chi connectivity index (χ4v) is 4.35. The first-order valence-corrected chi connectivity index (χ1v) is 11.7. The standard InChI is InChI=1S/C25H24N2O5S/c1-25(2)15-14-22-23(32-25)13-4-17(24(22)28)16-26-18-5-7-19(8-6-18)27-33(29,30)21-11-9-20(31-3)10-12-21/h4-16,27-28H,1-3H3/b26-16+. The van der Waals surface area contributed by atoms with E-state index in [-0.39, 0.29) is 10.6 Å². The summed E-state index contributed by atoms with van der Waals surface area (Å²) in [5.74, 6) is 1.28. The Morgan fingerprint density at radius 2 is 1.73 bits per heavy atom. The lowest BCUT2D eigenvalue weighted by molar-refractivity contribution is 0.158. The number of phenolic OH excluding ortho intramolecular Hbond substituents is 1. The van der Waals surface area contributed by atoms with E-state index in [9.17, 15) is 13.5 Å². The van der Waals surface area contributed by atoms with Gasteiger partial charge in [0, 0.05) is 17.5 Å². The summed E-state index contributed by atoms with van der Waals surface area (Å²) in [4.78, 5) is 4.52. The van der Waals surface area contributed by atoms with Gasteiger partial charge in [0.1, 0.15) is 22.8 Å².